The highest BCUT2D eigenvalue weighted by Crippen LogP contribution is 2.28. The molecule has 1 aromatic carbocycles. The zero-order valence-electron chi connectivity index (χ0n) is 9.65. The number of rotatable bonds is 3. The molecule has 0 spiro atoms. The average molecular weight is 218 g/mol. The van der Waals surface area contributed by atoms with Crippen molar-refractivity contribution in [3.05, 3.63) is 23.8 Å². The molecule has 0 N–H and O–H groups in total. The van der Waals surface area contributed by atoms with Gasteiger partial charge in [-0.25, -0.2) is 0 Å². The Morgan fingerprint density at radius 1 is 1.12 bits per heavy atom. The molecule has 2 aromatic rings. The molecule has 0 aliphatic carbocycles. The Hall–Kier alpha value is -1.84. The Bertz CT molecular complexity index is 512. The maximum absolute atomic E-state index is 5.28. The third-order valence-electron chi connectivity index (χ3n) is 2.51. The second kappa shape index (κ2) is 4.35. The molecule has 84 valence electrons. The van der Waals surface area contributed by atoms with Crippen LogP contribution in [-0.4, -0.2) is 24.2 Å². The second-order valence-electron chi connectivity index (χ2n) is 3.38. The van der Waals surface area contributed by atoms with Gasteiger partial charge in [0.2, 0.25) is 5.88 Å². The van der Waals surface area contributed by atoms with E-state index in [-0.39, 0.29) is 0 Å². The predicted octanol–water partition coefficient (Wildman–Crippen LogP) is 2.21. The summed E-state index contributed by atoms with van der Waals surface area (Å²) in [6.45, 7) is 2.10. The summed E-state index contributed by atoms with van der Waals surface area (Å²) in [5.74, 6) is 0.569. The van der Waals surface area contributed by atoms with Crippen molar-refractivity contribution in [2.75, 3.05) is 14.2 Å². The molecule has 0 saturated carbocycles. The van der Waals surface area contributed by atoms with Gasteiger partial charge >= 0.3 is 6.01 Å². The predicted molar refractivity (Wildman–Crippen MR) is 62.0 cm³/mol. The van der Waals surface area contributed by atoms with Crippen molar-refractivity contribution in [1.29, 1.82) is 0 Å². The van der Waals surface area contributed by atoms with Crippen LogP contribution >= 0.6 is 0 Å². The Kier molecular flexibility index (Phi) is 2.90. The van der Waals surface area contributed by atoms with Gasteiger partial charge in [-0.15, -0.1) is 0 Å². The van der Waals surface area contributed by atoms with Crippen molar-refractivity contribution in [3.8, 4) is 11.9 Å². The molecule has 0 aliphatic rings. The molecule has 16 heavy (non-hydrogen) atoms. The fraction of sp³-hybridized carbons (Fsp3) is 0.333. The number of nitrogens with zero attached hydrogens (tertiary/aromatic N) is 2. The summed E-state index contributed by atoms with van der Waals surface area (Å²) < 4.78 is 10.3. The lowest BCUT2D eigenvalue weighted by Gasteiger charge is -2.09. The van der Waals surface area contributed by atoms with Gasteiger partial charge in [0.05, 0.1) is 25.1 Å². The number of hydrogen-bond donors (Lipinski definition) is 0. The van der Waals surface area contributed by atoms with Crippen LogP contribution in [-0.2, 0) is 6.42 Å². The number of hydrogen-bond acceptors (Lipinski definition) is 4. The maximum Gasteiger partial charge on any atom is 0.320 e. The molecule has 0 amide bonds. The fourth-order valence-corrected chi connectivity index (χ4v) is 1.73. The largest absolute Gasteiger partial charge is 0.480 e. The van der Waals surface area contributed by atoms with Crippen molar-refractivity contribution in [3.63, 3.8) is 0 Å². The fourth-order valence-electron chi connectivity index (χ4n) is 1.73. The normalized spacial score (nSPS) is 10.4. The smallest absolute Gasteiger partial charge is 0.320 e. The number of methoxy groups -OCH3 is 2. The molecule has 4 nitrogen and oxygen atoms in total. The third kappa shape index (κ3) is 1.66. The molecule has 0 atom stereocenters. The first-order chi connectivity index (χ1) is 7.80. The summed E-state index contributed by atoms with van der Waals surface area (Å²) in [6.07, 6.45) is 0.920. The molecule has 1 aromatic heterocycles. The van der Waals surface area contributed by atoms with Crippen LogP contribution in [0.4, 0.5) is 0 Å². The van der Waals surface area contributed by atoms with Crippen LogP contribution in [0.25, 0.3) is 10.9 Å². The van der Waals surface area contributed by atoms with E-state index in [2.05, 4.69) is 23.0 Å². The molecule has 4 heteroatoms. The van der Waals surface area contributed by atoms with E-state index < -0.39 is 0 Å². The van der Waals surface area contributed by atoms with Gasteiger partial charge in [-0.1, -0.05) is 19.1 Å². The van der Waals surface area contributed by atoms with Crippen LogP contribution in [0.2, 0.25) is 0 Å². The lowest BCUT2D eigenvalue weighted by molar-refractivity contribution is 0.357. The van der Waals surface area contributed by atoms with Crippen LogP contribution in [0, 0.1) is 0 Å². The molecule has 1 heterocycles. The summed E-state index contributed by atoms with van der Waals surface area (Å²) in [6, 6.07) is 6.30. The van der Waals surface area contributed by atoms with E-state index in [1.807, 2.05) is 12.1 Å². The van der Waals surface area contributed by atoms with E-state index in [0.29, 0.717) is 11.9 Å². The molecule has 0 saturated heterocycles. The Morgan fingerprint density at radius 3 is 2.56 bits per heavy atom. The van der Waals surface area contributed by atoms with Gasteiger partial charge in [-0.05, 0) is 18.1 Å². The lowest BCUT2D eigenvalue weighted by Crippen LogP contribution is -1.98. The zero-order valence-corrected chi connectivity index (χ0v) is 9.65. The molecular weight excluding hydrogens is 204 g/mol. The SMILES string of the molecule is CCc1cccc2nc(OC)nc(OC)c12. The molecule has 0 fully saturated rings. The Balaban J connectivity index is 2.78. The van der Waals surface area contributed by atoms with Crippen LogP contribution in [0.15, 0.2) is 18.2 Å². The van der Waals surface area contributed by atoms with Crippen molar-refractivity contribution in [1.82, 2.24) is 9.97 Å². The quantitative estimate of drug-likeness (QED) is 0.792. The van der Waals surface area contributed by atoms with Gasteiger partial charge in [0.15, 0.2) is 0 Å². The number of aryl methyl sites for hydroxylation is 1. The van der Waals surface area contributed by atoms with Gasteiger partial charge in [0.1, 0.15) is 0 Å². The molecule has 0 radical (unpaired) electrons. The highest BCUT2D eigenvalue weighted by atomic mass is 16.5. The minimum absolute atomic E-state index is 0.331. The Morgan fingerprint density at radius 2 is 1.94 bits per heavy atom. The van der Waals surface area contributed by atoms with E-state index in [0.717, 1.165) is 17.3 Å². The van der Waals surface area contributed by atoms with E-state index in [1.54, 1.807) is 14.2 Å². The summed E-state index contributed by atoms with van der Waals surface area (Å²) >= 11 is 0. The monoisotopic (exact) mass is 218 g/mol. The van der Waals surface area contributed by atoms with Crippen molar-refractivity contribution in [2.45, 2.75) is 13.3 Å². The first-order valence-electron chi connectivity index (χ1n) is 5.17. The van der Waals surface area contributed by atoms with Crippen molar-refractivity contribution in [2.24, 2.45) is 0 Å². The molecule has 0 unspecified atom stereocenters. The first-order valence-corrected chi connectivity index (χ1v) is 5.17. The highest BCUT2D eigenvalue weighted by Gasteiger charge is 2.11. The summed E-state index contributed by atoms with van der Waals surface area (Å²) in [7, 11) is 3.15. The molecule has 0 aliphatic heterocycles. The number of fused-ring (bicyclic) bond motifs is 1. The number of aromatic nitrogens is 2. The summed E-state index contributed by atoms with van der Waals surface area (Å²) in [4.78, 5) is 8.49. The number of ether oxygens (including phenoxy) is 2. The minimum atomic E-state index is 0.331. The zero-order chi connectivity index (χ0) is 11.5. The van der Waals surface area contributed by atoms with Crippen molar-refractivity contribution >= 4 is 10.9 Å². The molecular formula is C12H14N2O2. The Labute approximate surface area is 94.2 Å². The van der Waals surface area contributed by atoms with E-state index >= 15 is 0 Å². The lowest BCUT2D eigenvalue weighted by atomic mass is 10.1. The van der Waals surface area contributed by atoms with Gasteiger partial charge in [0, 0.05) is 0 Å². The minimum Gasteiger partial charge on any atom is -0.480 e. The van der Waals surface area contributed by atoms with Crippen molar-refractivity contribution < 1.29 is 9.47 Å². The molecule has 0 bridgehead atoms. The maximum atomic E-state index is 5.28. The summed E-state index contributed by atoms with van der Waals surface area (Å²) in [5.41, 5.74) is 2.03. The van der Waals surface area contributed by atoms with E-state index in [4.69, 9.17) is 9.47 Å². The molecule has 2 rings (SSSR count). The van der Waals surface area contributed by atoms with Gasteiger partial charge in [0.25, 0.3) is 0 Å². The summed E-state index contributed by atoms with van der Waals surface area (Å²) in [5, 5.41) is 0.966. The standard InChI is InChI=1S/C12H14N2O2/c1-4-8-6-5-7-9-10(8)11(15-2)14-12(13-9)16-3/h5-7H,4H2,1-3H3. The number of benzene rings is 1. The van der Waals surface area contributed by atoms with Crippen LogP contribution in [0.1, 0.15) is 12.5 Å². The van der Waals surface area contributed by atoms with Crippen LogP contribution in [0.5, 0.6) is 11.9 Å². The second-order valence-corrected chi connectivity index (χ2v) is 3.38. The van der Waals surface area contributed by atoms with Crippen LogP contribution in [0.3, 0.4) is 0 Å². The van der Waals surface area contributed by atoms with Gasteiger partial charge in [-0.3, -0.25) is 0 Å². The van der Waals surface area contributed by atoms with E-state index in [1.165, 1.54) is 5.56 Å². The highest BCUT2D eigenvalue weighted by molar-refractivity contribution is 5.87. The van der Waals surface area contributed by atoms with Crippen LogP contribution < -0.4 is 9.47 Å². The first kappa shape index (κ1) is 10.7. The average Bonchev–Trinajstić information content (AvgIpc) is 2.36. The van der Waals surface area contributed by atoms with Gasteiger partial charge in [-0.2, -0.15) is 9.97 Å². The van der Waals surface area contributed by atoms with Gasteiger partial charge < -0.3 is 9.47 Å². The topological polar surface area (TPSA) is 44.2 Å². The van der Waals surface area contributed by atoms with E-state index in [9.17, 15) is 0 Å². The third-order valence-corrected chi connectivity index (χ3v) is 2.51.